The van der Waals surface area contributed by atoms with E-state index in [0.29, 0.717) is 29.1 Å². The summed E-state index contributed by atoms with van der Waals surface area (Å²) in [4.78, 5) is 23.0. The topological polar surface area (TPSA) is 118 Å². The van der Waals surface area contributed by atoms with Crippen molar-refractivity contribution in [3.05, 3.63) is 54.0 Å². The monoisotopic (exact) mass is 333 g/mol. The number of pyridine rings is 1. The fraction of sp³-hybridized carbons (Fsp3) is 0.111. The molecule has 0 saturated carbocycles. The Balaban J connectivity index is 2.04. The Labute approximate surface area is 144 Å². The second-order valence-electron chi connectivity index (χ2n) is 5.19. The number of nitrogen functional groups attached to an aromatic ring is 1. The van der Waals surface area contributed by atoms with E-state index in [1.165, 1.54) is 6.33 Å². The lowest BCUT2D eigenvalue weighted by Crippen LogP contribution is -2.04. The van der Waals surface area contributed by atoms with Gasteiger partial charge >= 0.3 is 5.97 Å². The molecule has 1 aromatic carbocycles. The largest absolute Gasteiger partial charge is 0.462 e. The highest BCUT2D eigenvalue weighted by Crippen LogP contribution is 2.30. The number of carbonyl (C=O) groups excluding carboxylic acids is 1. The molecule has 0 radical (unpaired) electrons. The maximum absolute atomic E-state index is 11.7. The lowest BCUT2D eigenvalue weighted by atomic mass is 10.0. The molecule has 0 amide bonds. The zero-order chi connectivity index (χ0) is 17.8. The number of carbonyl (C=O) groups is 1. The number of aromatic nitrogens is 3. The first-order chi connectivity index (χ1) is 12.1. The zero-order valence-corrected chi connectivity index (χ0v) is 13.5. The molecule has 0 aliphatic carbocycles. The van der Waals surface area contributed by atoms with E-state index in [1.807, 2.05) is 0 Å². The van der Waals surface area contributed by atoms with Gasteiger partial charge < -0.3 is 15.5 Å². The summed E-state index contributed by atoms with van der Waals surface area (Å²) in [5.41, 5.74) is 9.36. The molecule has 124 valence electrons. The Morgan fingerprint density at radius 3 is 2.72 bits per heavy atom. The van der Waals surface area contributed by atoms with Crippen molar-refractivity contribution in [2.75, 3.05) is 12.3 Å². The van der Waals surface area contributed by atoms with Gasteiger partial charge in [-0.2, -0.15) is 5.26 Å². The molecule has 0 unspecified atom stereocenters. The summed E-state index contributed by atoms with van der Waals surface area (Å²) < 4.78 is 4.97. The van der Waals surface area contributed by atoms with Gasteiger partial charge in [-0.3, -0.25) is 0 Å². The van der Waals surface area contributed by atoms with Crippen LogP contribution in [0, 0.1) is 11.3 Å². The SMILES string of the molecule is CCOC(=O)c1ccc(-c2cc(-c3cnc[nH]3)c(C#N)c(N)n2)cc1. The van der Waals surface area contributed by atoms with Crippen LogP contribution in [0.25, 0.3) is 22.5 Å². The van der Waals surface area contributed by atoms with Crippen molar-refractivity contribution >= 4 is 11.8 Å². The maximum Gasteiger partial charge on any atom is 0.338 e. The summed E-state index contributed by atoms with van der Waals surface area (Å²) in [7, 11) is 0. The predicted molar refractivity (Wildman–Crippen MR) is 92.3 cm³/mol. The van der Waals surface area contributed by atoms with Crippen molar-refractivity contribution < 1.29 is 9.53 Å². The van der Waals surface area contributed by atoms with Crippen molar-refractivity contribution in [3.63, 3.8) is 0 Å². The molecule has 7 nitrogen and oxygen atoms in total. The first-order valence-electron chi connectivity index (χ1n) is 7.61. The molecule has 0 bridgehead atoms. The minimum atomic E-state index is -0.375. The third-order valence-electron chi connectivity index (χ3n) is 3.64. The molecule has 2 heterocycles. The number of H-pyrrole nitrogens is 1. The summed E-state index contributed by atoms with van der Waals surface area (Å²) >= 11 is 0. The number of nitrogens with one attached hydrogen (secondary N) is 1. The number of ether oxygens (including phenoxy) is 1. The molecule has 3 aromatic rings. The Morgan fingerprint density at radius 2 is 2.12 bits per heavy atom. The fourth-order valence-corrected chi connectivity index (χ4v) is 2.44. The summed E-state index contributed by atoms with van der Waals surface area (Å²) in [6, 6.07) is 10.7. The molecular formula is C18H15N5O2. The van der Waals surface area contributed by atoms with E-state index in [4.69, 9.17) is 10.5 Å². The highest BCUT2D eigenvalue weighted by atomic mass is 16.5. The smallest absolute Gasteiger partial charge is 0.338 e. The Hall–Kier alpha value is -3.66. The van der Waals surface area contributed by atoms with Crippen LogP contribution in [0.5, 0.6) is 0 Å². The predicted octanol–water partition coefficient (Wildman–Crippen LogP) is 2.77. The number of esters is 1. The number of rotatable bonds is 4. The van der Waals surface area contributed by atoms with Gasteiger partial charge in [-0.15, -0.1) is 0 Å². The van der Waals surface area contributed by atoms with Gasteiger partial charge in [0.05, 0.1) is 36.1 Å². The Bertz CT molecular complexity index is 941. The van der Waals surface area contributed by atoms with E-state index >= 15 is 0 Å². The van der Waals surface area contributed by atoms with Gasteiger partial charge in [0.2, 0.25) is 0 Å². The van der Waals surface area contributed by atoms with Crippen LogP contribution in [-0.4, -0.2) is 27.5 Å². The zero-order valence-electron chi connectivity index (χ0n) is 13.5. The van der Waals surface area contributed by atoms with Gasteiger partial charge in [0.1, 0.15) is 17.5 Å². The van der Waals surface area contributed by atoms with Gasteiger partial charge in [-0.25, -0.2) is 14.8 Å². The third kappa shape index (κ3) is 3.19. The van der Waals surface area contributed by atoms with Crippen LogP contribution in [0.4, 0.5) is 5.82 Å². The standard InChI is InChI=1S/C18H15N5O2/c1-2-25-18(24)12-5-3-11(4-6-12)15-7-13(16-9-21-10-22-16)14(8-19)17(20)23-15/h3-7,9-10H,2H2,1H3,(H2,20,23)(H,21,22). The second-order valence-corrected chi connectivity index (χ2v) is 5.19. The minimum absolute atomic E-state index is 0.138. The summed E-state index contributed by atoms with van der Waals surface area (Å²) in [6.07, 6.45) is 3.14. The molecular weight excluding hydrogens is 318 g/mol. The summed E-state index contributed by atoms with van der Waals surface area (Å²) in [6.45, 7) is 2.08. The van der Waals surface area contributed by atoms with Gasteiger partial charge in [0.15, 0.2) is 0 Å². The third-order valence-corrected chi connectivity index (χ3v) is 3.64. The first-order valence-corrected chi connectivity index (χ1v) is 7.61. The molecule has 2 aromatic heterocycles. The van der Waals surface area contributed by atoms with Gasteiger partial charge in [0.25, 0.3) is 0 Å². The van der Waals surface area contributed by atoms with Crippen molar-refractivity contribution in [3.8, 4) is 28.6 Å². The molecule has 3 rings (SSSR count). The molecule has 3 N–H and O–H groups in total. The van der Waals surface area contributed by atoms with Crippen LogP contribution >= 0.6 is 0 Å². The number of hydrogen-bond acceptors (Lipinski definition) is 6. The number of nitriles is 1. The minimum Gasteiger partial charge on any atom is -0.462 e. The average Bonchev–Trinajstić information content (AvgIpc) is 3.16. The molecule has 0 saturated heterocycles. The van der Waals surface area contributed by atoms with E-state index in [1.54, 1.807) is 43.5 Å². The van der Waals surface area contributed by atoms with Crippen molar-refractivity contribution in [1.29, 1.82) is 5.26 Å². The lowest BCUT2D eigenvalue weighted by Gasteiger charge is -2.09. The highest BCUT2D eigenvalue weighted by molar-refractivity contribution is 5.90. The molecule has 7 heteroatoms. The number of imidazole rings is 1. The van der Waals surface area contributed by atoms with Crippen molar-refractivity contribution in [2.45, 2.75) is 6.92 Å². The van der Waals surface area contributed by atoms with E-state index in [9.17, 15) is 10.1 Å². The van der Waals surface area contributed by atoms with E-state index in [2.05, 4.69) is 21.0 Å². The molecule has 0 fully saturated rings. The molecule has 0 aliphatic rings. The number of hydrogen-bond donors (Lipinski definition) is 2. The number of aromatic amines is 1. The van der Waals surface area contributed by atoms with Gasteiger partial charge in [0, 0.05) is 11.1 Å². The normalized spacial score (nSPS) is 10.2. The van der Waals surface area contributed by atoms with Crippen LogP contribution in [0.2, 0.25) is 0 Å². The quantitative estimate of drug-likeness (QED) is 0.709. The first kappa shape index (κ1) is 16.2. The molecule has 0 spiro atoms. The average molecular weight is 333 g/mol. The van der Waals surface area contributed by atoms with Crippen LogP contribution in [0.15, 0.2) is 42.9 Å². The lowest BCUT2D eigenvalue weighted by molar-refractivity contribution is 0.0526. The van der Waals surface area contributed by atoms with Crippen molar-refractivity contribution in [1.82, 2.24) is 15.0 Å². The van der Waals surface area contributed by atoms with Crippen LogP contribution < -0.4 is 5.73 Å². The summed E-state index contributed by atoms with van der Waals surface area (Å²) in [5, 5.41) is 9.35. The van der Waals surface area contributed by atoms with Crippen LogP contribution in [0.3, 0.4) is 0 Å². The second kappa shape index (κ2) is 6.84. The Morgan fingerprint density at radius 1 is 1.36 bits per heavy atom. The maximum atomic E-state index is 11.7. The molecule has 25 heavy (non-hydrogen) atoms. The summed E-state index contributed by atoms with van der Waals surface area (Å²) in [5.74, 6) is -0.237. The van der Waals surface area contributed by atoms with E-state index in [0.717, 1.165) is 5.56 Å². The number of benzene rings is 1. The number of nitrogens with two attached hydrogens (primary N) is 1. The number of nitrogens with zero attached hydrogens (tertiary/aromatic N) is 3. The number of anilines is 1. The highest BCUT2D eigenvalue weighted by Gasteiger charge is 2.15. The molecule has 0 atom stereocenters. The van der Waals surface area contributed by atoms with Crippen molar-refractivity contribution in [2.24, 2.45) is 0 Å². The molecule has 0 aliphatic heterocycles. The Kier molecular flexibility index (Phi) is 4.44. The van der Waals surface area contributed by atoms with Crippen LogP contribution in [-0.2, 0) is 4.74 Å². The fourth-order valence-electron chi connectivity index (χ4n) is 2.44. The van der Waals surface area contributed by atoms with E-state index in [-0.39, 0.29) is 17.4 Å². The van der Waals surface area contributed by atoms with Crippen LogP contribution in [0.1, 0.15) is 22.8 Å². The van der Waals surface area contributed by atoms with Gasteiger partial charge in [-0.1, -0.05) is 12.1 Å². The van der Waals surface area contributed by atoms with Gasteiger partial charge in [-0.05, 0) is 25.1 Å². The van der Waals surface area contributed by atoms with E-state index < -0.39 is 0 Å².